The van der Waals surface area contributed by atoms with Gasteiger partial charge >= 0.3 is 6.03 Å². The zero-order chi connectivity index (χ0) is 31.4. The SMILES string of the molecule is CCCN(C(=O)NCc1ccccc1)N1CC(=O)N2[C@@H](Cc3ccc(O)cc3)C(=O)N(Cc3ccc(C)c(N(C)C)c3)C[C@@H]21. The number of aryl methyl sites for hydroxylation is 1. The number of phenols is 1. The fourth-order valence-electron chi connectivity index (χ4n) is 6.12. The second kappa shape index (κ2) is 13.4. The van der Waals surface area contributed by atoms with Gasteiger partial charge in [-0.3, -0.25) is 14.6 Å². The average molecular weight is 599 g/mol. The molecule has 0 radical (unpaired) electrons. The molecule has 4 amide bonds. The highest BCUT2D eigenvalue weighted by Gasteiger charge is 2.52. The fourth-order valence-corrected chi connectivity index (χ4v) is 6.12. The highest BCUT2D eigenvalue weighted by atomic mass is 16.3. The van der Waals surface area contributed by atoms with Crippen molar-refractivity contribution in [3.63, 3.8) is 0 Å². The highest BCUT2D eigenvalue weighted by Crippen LogP contribution is 2.31. The van der Waals surface area contributed by atoms with E-state index in [9.17, 15) is 19.5 Å². The molecule has 2 N–H and O–H groups in total. The number of anilines is 1. The van der Waals surface area contributed by atoms with Crippen LogP contribution in [-0.4, -0.2) is 88.7 Å². The Balaban J connectivity index is 1.45. The predicted molar refractivity (Wildman–Crippen MR) is 170 cm³/mol. The summed E-state index contributed by atoms with van der Waals surface area (Å²) < 4.78 is 0. The fraction of sp³-hybridized carbons (Fsp3) is 0.382. The monoisotopic (exact) mass is 598 g/mol. The topological polar surface area (TPSA) is 99.7 Å². The summed E-state index contributed by atoms with van der Waals surface area (Å²) in [7, 11) is 3.99. The molecular weight excluding hydrogens is 556 g/mol. The standard InChI is InChI=1S/C34H42N6O4/c1-5-17-38(34(44)35-20-26-9-7-6-8-10-26)39-23-32(42)40-30(18-25-13-15-28(41)16-14-25)33(43)37(22-31(39)40)21-27-12-11-24(2)29(19-27)36(3)4/h6-16,19,30-31,41H,5,17-18,20-23H2,1-4H3,(H,35,44)/t30-,31+/m0/s1. The van der Waals surface area contributed by atoms with Crippen LogP contribution in [0.15, 0.2) is 72.8 Å². The van der Waals surface area contributed by atoms with Gasteiger partial charge < -0.3 is 25.1 Å². The maximum absolute atomic E-state index is 14.1. The van der Waals surface area contributed by atoms with Crippen LogP contribution in [0.1, 0.15) is 35.6 Å². The number of amides is 4. The maximum Gasteiger partial charge on any atom is 0.332 e. The number of carbonyl (C=O) groups is 3. The number of nitrogens with one attached hydrogen (secondary N) is 1. The molecule has 2 aliphatic heterocycles. The van der Waals surface area contributed by atoms with Gasteiger partial charge in [-0.1, -0.05) is 61.5 Å². The molecule has 3 aromatic carbocycles. The number of hydrogen-bond acceptors (Lipinski definition) is 6. The first kappa shape index (κ1) is 30.9. The Bertz CT molecular complexity index is 1480. The number of fused-ring (bicyclic) bond motifs is 1. The largest absolute Gasteiger partial charge is 0.508 e. The normalized spacial score (nSPS) is 18.4. The third-order valence-electron chi connectivity index (χ3n) is 8.33. The van der Waals surface area contributed by atoms with Gasteiger partial charge in [0.2, 0.25) is 11.8 Å². The van der Waals surface area contributed by atoms with Crippen molar-refractivity contribution in [2.45, 2.75) is 52.0 Å². The maximum atomic E-state index is 14.1. The van der Waals surface area contributed by atoms with Gasteiger partial charge in [-0.2, -0.15) is 5.01 Å². The Labute approximate surface area is 259 Å². The highest BCUT2D eigenvalue weighted by molar-refractivity contribution is 5.92. The Hall–Kier alpha value is -4.57. The molecule has 2 aliphatic rings. The van der Waals surface area contributed by atoms with Crippen LogP contribution in [0, 0.1) is 6.92 Å². The zero-order valence-electron chi connectivity index (χ0n) is 25.9. The summed E-state index contributed by atoms with van der Waals surface area (Å²) in [5, 5.41) is 16.3. The molecule has 2 atom stereocenters. The lowest BCUT2D eigenvalue weighted by molar-refractivity contribution is -0.157. The van der Waals surface area contributed by atoms with Gasteiger partial charge in [0.15, 0.2) is 0 Å². The number of piperazine rings is 1. The summed E-state index contributed by atoms with van der Waals surface area (Å²) in [6.45, 7) is 5.51. The molecule has 3 aromatic rings. The van der Waals surface area contributed by atoms with Crippen LogP contribution in [0.5, 0.6) is 5.75 Å². The van der Waals surface area contributed by atoms with Gasteiger partial charge in [0.05, 0.1) is 13.1 Å². The Morgan fingerprint density at radius 1 is 0.977 bits per heavy atom. The van der Waals surface area contributed by atoms with Gasteiger partial charge in [-0.25, -0.2) is 4.79 Å². The van der Waals surface area contributed by atoms with Gasteiger partial charge in [0.1, 0.15) is 18.0 Å². The van der Waals surface area contributed by atoms with E-state index in [0.29, 0.717) is 32.5 Å². The second-order valence-electron chi connectivity index (χ2n) is 11.8. The Kier molecular flexibility index (Phi) is 9.39. The molecule has 10 heteroatoms. The minimum Gasteiger partial charge on any atom is -0.508 e. The first-order valence-electron chi connectivity index (χ1n) is 15.2. The molecule has 0 saturated carbocycles. The minimum absolute atomic E-state index is 0.00588. The number of benzene rings is 3. The summed E-state index contributed by atoms with van der Waals surface area (Å²) in [6, 6.07) is 21.6. The number of carbonyl (C=O) groups excluding carboxylic acids is 3. The zero-order valence-corrected chi connectivity index (χ0v) is 25.9. The van der Waals surface area contributed by atoms with Gasteiger partial charge in [-0.05, 0) is 53.8 Å². The molecule has 5 rings (SSSR count). The second-order valence-corrected chi connectivity index (χ2v) is 11.8. The van der Waals surface area contributed by atoms with Crippen molar-refractivity contribution >= 4 is 23.5 Å². The van der Waals surface area contributed by atoms with E-state index >= 15 is 0 Å². The van der Waals surface area contributed by atoms with Crippen LogP contribution in [0.4, 0.5) is 10.5 Å². The van der Waals surface area contributed by atoms with Gasteiger partial charge in [-0.15, -0.1) is 0 Å². The first-order valence-corrected chi connectivity index (χ1v) is 15.2. The molecule has 0 aliphatic carbocycles. The number of phenolic OH excluding ortho intramolecular Hbond substituents is 1. The lowest BCUT2D eigenvalue weighted by atomic mass is 9.99. The Morgan fingerprint density at radius 3 is 2.36 bits per heavy atom. The van der Waals surface area contributed by atoms with E-state index in [4.69, 9.17) is 0 Å². The van der Waals surface area contributed by atoms with Crippen molar-refractivity contribution in [3.05, 3.63) is 95.1 Å². The van der Waals surface area contributed by atoms with E-state index in [-0.39, 0.29) is 36.7 Å². The lowest BCUT2D eigenvalue weighted by Crippen LogP contribution is -2.66. The lowest BCUT2D eigenvalue weighted by Gasteiger charge is -2.46. The van der Waals surface area contributed by atoms with Crippen molar-refractivity contribution < 1.29 is 19.5 Å². The van der Waals surface area contributed by atoms with Gasteiger partial charge in [0, 0.05) is 45.8 Å². The Morgan fingerprint density at radius 2 is 1.68 bits per heavy atom. The summed E-state index contributed by atoms with van der Waals surface area (Å²) >= 11 is 0. The van der Waals surface area contributed by atoms with Crippen LogP contribution in [-0.2, 0) is 29.1 Å². The molecule has 2 fully saturated rings. The summed E-state index contributed by atoms with van der Waals surface area (Å²) in [4.78, 5) is 46.9. The van der Waals surface area contributed by atoms with Crippen molar-refractivity contribution in [1.29, 1.82) is 0 Å². The van der Waals surface area contributed by atoms with Crippen molar-refractivity contribution in [1.82, 2.24) is 25.1 Å². The van der Waals surface area contributed by atoms with E-state index in [1.807, 2.05) is 67.3 Å². The van der Waals surface area contributed by atoms with Gasteiger partial charge in [0.25, 0.3) is 0 Å². The predicted octanol–water partition coefficient (Wildman–Crippen LogP) is 3.73. The van der Waals surface area contributed by atoms with E-state index in [1.165, 1.54) is 0 Å². The van der Waals surface area contributed by atoms with Crippen LogP contribution in [0.2, 0.25) is 0 Å². The smallest absolute Gasteiger partial charge is 0.332 e. The molecule has 0 spiro atoms. The molecule has 0 bridgehead atoms. The number of urea groups is 1. The number of aromatic hydroxyl groups is 1. The van der Waals surface area contributed by atoms with Crippen molar-refractivity contribution in [2.75, 3.05) is 38.6 Å². The molecule has 2 saturated heterocycles. The van der Waals surface area contributed by atoms with E-state index in [1.54, 1.807) is 34.2 Å². The van der Waals surface area contributed by atoms with Crippen molar-refractivity contribution in [2.24, 2.45) is 0 Å². The molecule has 2 heterocycles. The van der Waals surface area contributed by atoms with Crippen LogP contribution in [0.25, 0.3) is 0 Å². The summed E-state index contributed by atoms with van der Waals surface area (Å²) in [5.74, 6) is -0.180. The first-order chi connectivity index (χ1) is 21.2. The van der Waals surface area contributed by atoms with E-state index in [0.717, 1.165) is 27.9 Å². The van der Waals surface area contributed by atoms with Crippen LogP contribution >= 0.6 is 0 Å². The number of rotatable bonds is 10. The van der Waals surface area contributed by atoms with E-state index < -0.39 is 12.2 Å². The summed E-state index contributed by atoms with van der Waals surface area (Å²) in [6.07, 6.45) is 0.498. The average Bonchev–Trinajstić information content (AvgIpc) is 3.34. The molecular formula is C34H42N6O4. The quantitative estimate of drug-likeness (QED) is 0.369. The van der Waals surface area contributed by atoms with Crippen molar-refractivity contribution in [3.8, 4) is 5.75 Å². The molecule has 44 heavy (non-hydrogen) atoms. The third kappa shape index (κ3) is 6.65. The number of hydrogen-bond donors (Lipinski definition) is 2. The summed E-state index contributed by atoms with van der Waals surface area (Å²) in [5.41, 5.74) is 5.03. The third-order valence-corrected chi connectivity index (χ3v) is 8.33. The van der Waals surface area contributed by atoms with Crippen LogP contribution in [0.3, 0.4) is 0 Å². The minimum atomic E-state index is -0.745. The van der Waals surface area contributed by atoms with E-state index in [2.05, 4.69) is 29.3 Å². The molecule has 0 aromatic heterocycles. The molecule has 0 unspecified atom stereocenters. The number of nitrogens with zero attached hydrogens (tertiary/aromatic N) is 5. The molecule has 232 valence electrons. The molecule has 10 nitrogen and oxygen atoms in total. The van der Waals surface area contributed by atoms with Crippen LogP contribution < -0.4 is 10.2 Å². The number of hydrazine groups is 1.